The van der Waals surface area contributed by atoms with E-state index in [2.05, 4.69) is 4.90 Å². The molecule has 0 atom stereocenters. The van der Waals surface area contributed by atoms with Gasteiger partial charge in [-0.15, -0.1) is 0 Å². The molecule has 2 heteroatoms. The van der Waals surface area contributed by atoms with E-state index >= 15 is 0 Å². The van der Waals surface area contributed by atoms with Crippen molar-refractivity contribution in [2.75, 3.05) is 26.2 Å². The summed E-state index contributed by atoms with van der Waals surface area (Å²) >= 11 is 0. The average Bonchev–Trinajstić information content (AvgIpc) is 2.57. The highest BCUT2D eigenvalue weighted by atomic mass is 16.5. The van der Waals surface area contributed by atoms with Crippen LogP contribution in [0.1, 0.15) is 26.7 Å². The van der Waals surface area contributed by atoms with Crippen LogP contribution in [0.25, 0.3) is 0 Å². The van der Waals surface area contributed by atoms with E-state index in [9.17, 15) is 0 Å². The minimum Gasteiger partial charge on any atom is -0.497 e. The van der Waals surface area contributed by atoms with Gasteiger partial charge in [-0.3, -0.25) is 4.90 Å². The molecule has 2 nitrogen and oxygen atoms in total. The summed E-state index contributed by atoms with van der Waals surface area (Å²) in [5.41, 5.74) is 0. The zero-order valence-corrected chi connectivity index (χ0v) is 8.18. The Balaban J connectivity index is 2.01. The third-order valence-corrected chi connectivity index (χ3v) is 2.34. The fourth-order valence-electron chi connectivity index (χ4n) is 1.43. The third kappa shape index (κ3) is 3.26. The lowest BCUT2D eigenvalue weighted by Gasteiger charge is -2.14. The molecule has 0 amide bonds. The second kappa shape index (κ2) is 5.20. The molecule has 1 aliphatic heterocycles. The lowest BCUT2D eigenvalue weighted by Crippen LogP contribution is -2.23. The number of hydrogen-bond donors (Lipinski definition) is 0. The summed E-state index contributed by atoms with van der Waals surface area (Å²) in [6.45, 7) is 8.47. The molecule has 0 N–H and O–H groups in total. The minimum atomic E-state index is 0.843. The predicted octanol–water partition coefficient (Wildman–Crippen LogP) is 2.02. The molecule has 70 valence electrons. The molecule has 1 saturated heterocycles. The van der Waals surface area contributed by atoms with Crippen LogP contribution < -0.4 is 0 Å². The number of rotatable bonds is 4. The van der Waals surface area contributed by atoms with E-state index in [0.717, 1.165) is 18.9 Å². The molecule has 1 rings (SSSR count). The lowest BCUT2D eigenvalue weighted by atomic mass is 10.4. The van der Waals surface area contributed by atoms with Gasteiger partial charge in [-0.2, -0.15) is 0 Å². The monoisotopic (exact) mass is 169 g/mol. The second-order valence-electron chi connectivity index (χ2n) is 3.30. The topological polar surface area (TPSA) is 12.5 Å². The van der Waals surface area contributed by atoms with Gasteiger partial charge in [-0.1, -0.05) is 6.08 Å². The van der Waals surface area contributed by atoms with Gasteiger partial charge in [0.15, 0.2) is 0 Å². The molecule has 0 radical (unpaired) electrons. The third-order valence-electron chi connectivity index (χ3n) is 2.34. The van der Waals surface area contributed by atoms with Crippen molar-refractivity contribution in [2.24, 2.45) is 0 Å². The van der Waals surface area contributed by atoms with Crippen molar-refractivity contribution in [3.05, 3.63) is 11.8 Å². The van der Waals surface area contributed by atoms with E-state index in [1.165, 1.54) is 25.9 Å². The maximum atomic E-state index is 5.47. The van der Waals surface area contributed by atoms with Crippen molar-refractivity contribution >= 4 is 0 Å². The van der Waals surface area contributed by atoms with E-state index in [-0.39, 0.29) is 0 Å². The largest absolute Gasteiger partial charge is 0.497 e. The summed E-state index contributed by atoms with van der Waals surface area (Å²) in [7, 11) is 0. The molecular formula is C10H19NO. The SMILES string of the molecule is CC=C(C)OCCN1CCCC1. The van der Waals surface area contributed by atoms with Gasteiger partial charge in [0.1, 0.15) is 6.61 Å². The van der Waals surface area contributed by atoms with Gasteiger partial charge in [0.2, 0.25) is 0 Å². The van der Waals surface area contributed by atoms with Crippen LogP contribution in [-0.4, -0.2) is 31.1 Å². The van der Waals surface area contributed by atoms with Crippen LogP contribution in [0.5, 0.6) is 0 Å². The summed E-state index contributed by atoms with van der Waals surface area (Å²) in [5.74, 6) is 1.04. The lowest BCUT2D eigenvalue weighted by molar-refractivity contribution is 0.172. The highest BCUT2D eigenvalue weighted by Crippen LogP contribution is 2.06. The van der Waals surface area contributed by atoms with E-state index in [1.54, 1.807) is 0 Å². The number of allylic oxidation sites excluding steroid dienone is 2. The van der Waals surface area contributed by atoms with Gasteiger partial charge >= 0.3 is 0 Å². The van der Waals surface area contributed by atoms with E-state index in [0.29, 0.717) is 0 Å². The Morgan fingerprint density at radius 3 is 2.67 bits per heavy atom. The van der Waals surface area contributed by atoms with Gasteiger partial charge in [0.25, 0.3) is 0 Å². The minimum absolute atomic E-state index is 0.843. The average molecular weight is 169 g/mol. The summed E-state index contributed by atoms with van der Waals surface area (Å²) in [4.78, 5) is 2.46. The van der Waals surface area contributed by atoms with Crippen LogP contribution in [0, 0.1) is 0 Å². The molecular weight excluding hydrogens is 150 g/mol. The smallest absolute Gasteiger partial charge is 0.100 e. The highest BCUT2D eigenvalue weighted by Gasteiger charge is 2.10. The van der Waals surface area contributed by atoms with Crippen molar-refractivity contribution in [3.63, 3.8) is 0 Å². The first-order valence-electron chi connectivity index (χ1n) is 4.81. The molecule has 0 aromatic carbocycles. The quantitative estimate of drug-likeness (QED) is 0.597. The molecule has 1 fully saturated rings. The van der Waals surface area contributed by atoms with Crippen molar-refractivity contribution in [1.82, 2.24) is 4.90 Å². The Bertz CT molecular complexity index is 148. The van der Waals surface area contributed by atoms with Crippen LogP contribution in [0.15, 0.2) is 11.8 Å². The molecule has 0 aliphatic carbocycles. The van der Waals surface area contributed by atoms with Crippen LogP contribution in [0.2, 0.25) is 0 Å². The van der Waals surface area contributed by atoms with Gasteiger partial charge in [0, 0.05) is 6.54 Å². The number of nitrogens with zero attached hydrogens (tertiary/aromatic N) is 1. The summed E-state index contributed by atoms with van der Waals surface area (Å²) < 4.78 is 5.47. The highest BCUT2D eigenvalue weighted by molar-refractivity contribution is 4.84. The van der Waals surface area contributed by atoms with Crippen LogP contribution >= 0.6 is 0 Å². The standard InChI is InChI=1S/C10H19NO/c1-3-10(2)12-9-8-11-6-4-5-7-11/h3H,4-9H2,1-2H3. The van der Waals surface area contributed by atoms with E-state index in [4.69, 9.17) is 4.74 Å². The maximum Gasteiger partial charge on any atom is 0.100 e. The van der Waals surface area contributed by atoms with Crippen molar-refractivity contribution in [3.8, 4) is 0 Å². The molecule has 0 unspecified atom stereocenters. The number of likely N-dealkylation sites (tertiary alicyclic amines) is 1. The van der Waals surface area contributed by atoms with Crippen LogP contribution in [0.3, 0.4) is 0 Å². The molecule has 1 heterocycles. The number of ether oxygens (including phenoxy) is 1. The molecule has 0 saturated carbocycles. The summed E-state index contributed by atoms with van der Waals surface area (Å²) in [5, 5.41) is 0. The zero-order chi connectivity index (χ0) is 8.81. The first kappa shape index (κ1) is 9.59. The molecule has 0 spiro atoms. The van der Waals surface area contributed by atoms with Crippen LogP contribution in [0.4, 0.5) is 0 Å². The zero-order valence-electron chi connectivity index (χ0n) is 8.18. The Hall–Kier alpha value is -0.500. The maximum absolute atomic E-state index is 5.47. The fraction of sp³-hybridized carbons (Fsp3) is 0.800. The Morgan fingerprint density at radius 2 is 2.08 bits per heavy atom. The van der Waals surface area contributed by atoms with Crippen LogP contribution in [-0.2, 0) is 4.74 Å². The molecule has 1 aliphatic rings. The Morgan fingerprint density at radius 1 is 1.42 bits per heavy atom. The summed E-state index contributed by atoms with van der Waals surface area (Å²) in [6.07, 6.45) is 4.73. The molecule has 12 heavy (non-hydrogen) atoms. The van der Waals surface area contributed by atoms with Crippen molar-refractivity contribution in [1.29, 1.82) is 0 Å². The van der Waals surface area contributed by atoms with E-state index < -0.39 is 0 Å². The number of hydrogen-bond acceptors (Lipinski definition) is 2. The van der Waals surface area contributed by atoms with Gasteiger partial charge in [-0.05, 0) is 39.8 Å². The first-order valence-corrected chi connectivity index (χ1v) is 4.81. The van der Waals surface area contributed by atoms with Gasteiger partial charge in [-0.25, -0.2) is 0 Å². The summed E-state index contributed by atoms with van der Waals surface area (Å²) in [6, 6.07) is 0. The predicted molar refractivity (Wildman–Crippen MR) is 51.1 cm³/mol. The molecule has 0 bridgehead atoms. The first-order chi connectivity index (χ1) is 5.83. The van der Waals surface area contributed by atoms with Crippen molar-refractivity contribution < 1.29 is 4.74 Å². The van der Waals surface area contributed by atoms with Crippen molar-refractivity contribution in [2.45, 2.75) is 26.7 Å². The van der Waals surface area contributed by atoms with E-state index in [1.807, 2.05) is 19.9 Å². The van der Waals surface area contributed by atoms with Gasteiger partial charge in [0.05, 0.1) is 5.76 Å². The Labute approximate surface area is 75.2 Å². The van der Waals surface area contributed by atoms with Gasteiger partial charge < -0.3 is 4.74 Å². The molecule has 0 aromatic heterocycles. The normalized spacial score (nSPS) is 20.0. The fourth-order valence-corrected chi connectivity index (χ4v) is 1.43. The molecule has 0 aromatic rings. The Kier molecular flexibility index (Phi) is 4.15. The second-order valence-corrected chi connectivity index (χ2v) is 3.30.